The number of halogens is 6. The van der Waals surface area contributed by atoms with E-state index in [-0.39, 0.29) is 29.3 Å². The van der Waals surface area contributed by atoms with E-state index >= 15 is 0 Å². The zero-order valence-electron chi connectivity index (χ0n) is 23.6. The van der Waals surface area contributed by atoms with E-state index in [2.05, 4.69) is 16.3 Å². The molecule has 1 atom stereocenters. The topological polar surface area (TPSA) is 60.4 Å². The highest BCUT2D eigenvalue weighted by molar-refractivity contribution is 5.58. The second kappa shape index (κ2) is 10.7. The number of aryl methyl sites for hydroxylation is 1. The van der Waals surface area contributed by atoms with Crippen molar-refractivity contribution < 1.29 is 26.3 Å². The van der Waals surface area contributed by atoms with Gasteiger partial charge in [0.15, 0.2) is 0 Å². The van der Waals surface area contributed by atoms with Crippen molar-refractivity contribution in [2.75, 3.05) is 13.1 Å². The third-order valence-electron chi connectivity index (χ3n) is 8.50. The molecule has 0 radical (unpaired) electrons. The Labute approximate surface area is 243 Å². The van der Waals surface area contributed by atoms with Gasteiger partial charge in [0, 0.05) is 45.0 Å². The largest absolute Gasteiger partial charge is 0.418 e. The van der Waals surface area contributed by atoms with E-state index in [4.69, 9.17) is 0 Å². The molecule has 1 aromatic carbocycles. The lowest BCUT2D eigenvalue weighted by atomic mass is 9.72. The van der Waals surface area contributed by atoms with E-state index in [1.54, 1.807) is 11.6 Å². The number of fused-ring (bicyclic) bond motifs is 1. The van der Waals surface area contributed by atoms with E-state index in [9.17, 15) is 31.1 Å². The summed E-state index contributed by atoms with van der Waals surface area (Å²) >= 11 is 0. The summed E-state index contributed by atoms with van der Waals surface area (Å²) in [6, 6.07) is 4.31. The number of rotatable bonds is 6. The van der Waals surface area contributed by atoms with Crippen LogP contribution in [0.3, 0.4) is 0 Å². The average molecular weight is 605 g/mol. The molecule has 1 fully saturated rings. The quantitative estimate of drug-likeness (QED) is 0.190. The van der Waals surface area contributed by atoms with Crippen LogP contribution >= 0.6 is 0 Å². The van der Waals surface area contributed by atoms with E-state index in [1.807, 2.05) is 11.8 Å². The van der Waals surface area contributed by atoms with Crippen molar-refractivity contribution in [3.63, 3.8) is 0 Å². The van der Waals surface area contributed by atoms with E-state index in [1.165, 1.54) is 18.6 Å². The van der Waals surface area contributed by atoms with Gasteiger partial charge >= 0.3 is 18.0 Å². The minimum Gasteiger partial charge on any atom is -0.320 e. The summed E-state index contributed by atoms with van der Waals surface area (Å²) < 4.78 is 88.9. The molecule has 4 aromatic rings. The van der Waals surface area contributed by atoms with Gasteiger partial charge in [-0.2, -0.15) is 26.3 Å². The third kappa shape index (κ3) is 5.62. The highest BCUT2D eigenvalue weighted by atomic mass is 19.4. The van der Waals surface area contributed by atoms with Crippen LogP contribution in [0.4, 0.5) is 26.3 Å². The molecule has 2 aliphatic rings. The van der Waals surface area contributed by atoms with Crippen LogP contribution in [-0.2, 0) is 25.9 Å². The lowest BCUT2D eigenvalue weighted by Gasteiger charge is -2.34. The van der Waals surface area contributed by atoms with Gasteiger partial charge in [0.25, 0.3) is 0 Å². The van der Waals surface area contributed by atoms with E-state index in [0.717, 1.165) is 64.6 Å². The Balaban J connectivity index is 1.51. The Bertz CT molecular complexity index is 1760. The maximum atomic E-state index is 14.3. The van der Waals surface area contributed by atoms with Gasteiger partial charge in [-0.15, -0.1) is 10.2 Å². The lowest BCUT2D eigenvalue weighted by Crippen LogP contribution is -2.29. The fraction of sp³-hybridized carbons (Fsp3) is 0.433. The van der Waals surface area contributed by atoms with Gasteiger partial charge in [-0.1, -0.05) is 18.1 Å². The summed E-state index contributed by atoms with van der Waals surface area (Å²) in [7, 11) is 1.71. The van der Waals surface area contributed by atoms with Crippen LogP contribution in [0, 0.1) is 5.92 Å². The fourth-order valence-electron chi connectivity index (χ4n) is 6.22. The van der Waals surface area contributed by atoms with Crippen molar-refractivity contribution in [1.82, 2.24) is 28.6 Å². The van der Waals surface area contributed by atoms with Gasteiger partial charge in [-0.25, -0.2) is 4.79 Å². The molecule has 1 saturated carbocycles. The normalized spacial score (nSPS) is 17.7. The molecule has 0 bridgehead atoms. The average Bonchev–Trinajstić information content (AvgIpc) is 3.47. The van der Waals surface area contributed by atoms with Crippen molar-refractivity contribution in [3.8, 4) is 5.69 Å². The number of hydrogen-bond acceptors (Lipinski definition) is 4. The van der Waals surface area contributed by atoms with Crippen LogP contribution < -0.4 is 5.69 Å². The number of hydrogen-bond donors (Lipinski definition) is 0. The zero-order valence-corrected chi connectivity index (χ0v) is 23.6. The molecular weight excluding hydrogens is 574 g/mol. The van der Waals surface area contributed by atoms with Gasteiger partial charge in [0.05, 0.1) is 22.3 Å². The summed E-state index contributed by atoms with van der Waals surface area (Å²) in [6.45, 7) is 3.39. The van der Waals surface area contributed by atoms with Crippen LogP contribution in [0.25, 0.3) is 11.2 Å². The van der Waals surface area contributed by atoms with Crippen molar-refractivity contribution in [1.29, 1.82) is 0 Å². The molecule has 0 saturated heterocycles. The maximum absolute atomic E-state index is 14.3. The van der Waals surface area contributed by atoms with Gasteiger partial charge in [0.2, 0.25) is 0 Å². The van der Waals surface area contributed by atoms with Crippen LogP contribution in [-0.4, -0.2) is 41.7 Å². The monoisotopic (exact) mass is 604 g/mol. The van der Waals surface area contributed by atoms with Crippen LogP contribution in [0.15, 0.2) is 59.4 Å². The molecule has 7 nitrogen and oxygen atoms in total. The predicted octanol–water partition coefficient (Wildman–Crippen LogP) is 6.34. The smallest absolute Gasteiger partial charge is 0.320 e. The summed E-state index contributed by atoms with van der Waals surface area (Å²) in [4.78, 5) is 15.6. The molecule has 3 aromatic heterocycles. The first-order valence-electron chi connectivity index (χ1n) is 14.1. The van der Waals surface area contributed by atoms with Crippen molar-refractivity contribution in [2.24, 2.45) is 13.0 Å². The van der Waals surface area contributed by atoms with Crippen LogP contribution in [0.1, 0.15) is 66.6 Å². The summed E-state index contributed by atoms with van der Waals surface area (Å²) in [5.74, 6) is -0.0395. The zero-order chi connectivity index (χ0) is 30.7. The first-order chi connectivity index (χ1) is 20.3. The van der Waals surface area contributed by atoms with Crippen LogP contribution in [0.2, 0.25) is 0 Å². The fourth-order valence-corrected chi connectivity index (χ4v) is 6.22. The van der Waals surface area contributed by atoms with E-state index < -0.39 is 40.6 Å². The SMILES string of the molecule is CC1=CCCN(Cc2cc(C(F)(F)F)c3cn(-c4cc([C@H](c5nncn5C)C5CCC5)cc(C(F)(F)F)c4)c(=O)n3c2)C1. The molecule has 228 valence electrons. The lowest BCUT2D eigenvalue weighted by molar-refractivity contribution is -0.138. The molecule has 13 heteroatoms. The first-order valence-corrected chi connectivity index (χ1v) is 14.1. The van der Waals surface area contributed by atoms with Crippen molar-refractivity contribution in [2.45, 2.75) is 57.4 Å². The standard InChI is InChI=1S/C30H30F6N6O/c1-18-5-4-8-40(13-18)14-19-9-24(30(34,35)36)25-16-41(28(43)42(25)15-19)23-11-21(10-22(12-23)29(31,32)33)26(20-6-3-7-20)27-38-37-17-39(27)2/h5,9-12,15-17,20,26H,3-4,6-8,13-14H2,1-2H3/t26-/m1/s1. The van der Waals surface area contributed by atoms with Crippen molar-refractivity contribution in [3.05, 3.63) is 93.2 Å². The number of benzene rings is 1. The van der Waals surface area contributed by atoms with Crippen LogP contribution in [0.5, 0.6) is 0 Å². The molecule has 0 spiro atoms. The van der Waals surface area contributed by atoms with Gasteiger partial charge in [0.1, 0.15) is 12.2 Å². The Morgan fingerprint density at radius 3 is 2.40 bits per heavy atom. The first kappa shape index (κ1) is 29.2. The Morgan fingerprint density at radius 1 is 1.02 bits per heavy atom. The second-order valence-electron chi connectivity index (χ2n) is 11.6. The Hall–Kier alpha value is -3.87. The molecule has 0 N–H and O–H groups in total. The summed E-state index contributed by atoms with van der Waals surface area (Å²) in [5.41, 5.74) is -1.85. The Kier molecular flexibility index (Phi) is 7.26. The Morgan fingerprint density at radius 2 is 1.79 bits per heavy atom. The summed E-state index contributed by atoms with van der Waals surface area (Å²) in [5, 5.41) is 8.08. The molecule has 6 rings (SSSR count). The molecule has 0 unspecified atom stereocenters. The van der Waals surface area contributed by atoms with Crippen molar-refractivity contribution >= 4 is 5.52 Å². The molecular formula is C30H30F6N6O. The number of pyridine rings is 1. The van der Waals surface area contributed by atoms with Gasteiger partial charge in [-0.05, 0) is 67.5 Å². The minimum atomic E-state index is -4.79. The minimum absolute atomic E-state index is 0.0109. The van der Waals surface area contributed by atoms with E-state index in [0.29, 0.717) is 18.9 Å². The number of imidazole rings is 1. The summed E-state index contributed by atoms with van der Waals surface area (Å²) in [6.07, 6.45) is -0.431. The highest BCUT2D eigenvalue weighted by Crippen LogP contribution is 2.44. The molecule has 1 aliphatic carbocycles. The molecule has 43 heavy (non-hydrogen) atoms. The predicted molar refractivity (Wildman–Crippen MR) is 147 cm³/mol. The number of nitrogens with zero attached hydrogens (tertiary/aromatic N) is 6. The molecule has 4 heterocycles. The molecule has 1 aliphatic heterocycles. The maximum Gasteiger partial charge on any atom is 0.418 e. The number of alkyl halides is 6. The number of aromatic nitrogens is 5. The van der Waals surface area contributed by atoms with Gasteiger partial charge < -0.3 is 4.57 Å². The molecule has 0 amide bonds. The van der Waals surface area contributed by atoms with Gasteiger partial charge in [-0.3, -0.25) is 13.9 Å². The second-order valence-corrected chi connectivity index (χ2v) is 11.6. The highest BCUT2D eigenvalue weighted by Gasteiger charge is 2.38. The third-order valence-corrected chi connectivity index (χ3v) is 8.50.